The summed E-state index contributed by atoms with van der Waals surface area (Å²) in [7, 11) is 0. The number of carbonyl (C=O) groups excluding carboxylic acids is 1. The van der Waals surface area contributed by atoms with Gasteiger partial charge in [-0.3, -0.25) is 0 Å². The number of hydrogen-bond donors (Lipinski definition) is 2. The average Bonchev–Trinajstić information content (AvgIpc) is 2.77. The van der Waals surface area contributed by atoms with Crippen LogP contribution in [0.5, 0.6) is 0 Å². The van der Waals surface area contributed by atoms with Gasteiger partial charge in [0.2, 0.25) is 0 Å². The molecule has 0 aromatic rings. The maximum absolute atomic E-state index is 11.7. The lowest BCUT2D eigenvalue weighted by molar-refractivity contribution is 0.0485. The number of nitrogens with one attached hydrogen (secondary N) is 1. The van der Waals surface area contributed by atoms with E-state index < -0.39 is 5.60 Å². The van der Waals surface area contributed by atoms with Crippen LogP contribution in [-0.4, -0.2) is 24.8 Å². The molecule has 1 aliphatic carbocycles. The molecular weight excluding hydrogens is 228 g/mol. The van der Waals surface area contributed by atoms with E-state index in [1.165, 1.54) is 25.7 Å². The summed E-state index contributed by atoms with van der Waals surface area (Å²) in [5, 5.41) is 2.87. The van der Waals surface area contributed by atoms with Crippen LogP contribution in [-0.2, 0) is 4.74 Å². The highest BCUT2D eigenvalue weighted by Gasteiger charge is 2.35. The van der Waals surface area contributed by atoms with Crippen molar-refractivity contribution in [3.63, 3.8) is 0 Å². The van der Waals surface area contributed by atoms with Crippen molar-refractivity contribution < 1.29 is 9.53 Å². The van der Waals surface area contributed by atoms with Gasteiger partial charge in [0.05, 0.1) is 0 Å². The first-order valence-electron chi connectivity index (χ1n) is 6.94. The van der Waals surface area contributed by atoms with Gasteiger partial charge in [0.15, 0.2) is 0 Å². The van der Waals surface area contributed by atoms with E-state index in [1.54, 1.807) is 0 Å². The molecule has 0 bridgehead atoms. The summed E-state index contributed by atoms with van der Waals surface area (Å²) in [6.45, 7) is 8.97. The molecule has 1 atom stereocenters. The van der Waals surface area contributed by atoms with Gasteiger partial charge in [-0.15, -0.1) is 0 Å². The van der Waals surface area contributed by atoms with Crippen molar-refractivity contribution in [3.05, 3.63) is 0 Å². The second kappa shape index (κ2) is 5.91. The highest BCUT2D eigenvalue weighted by Crippen LogP contribution is 2.38. The third-order valence-electron chi connectivity index (χ3n) is 3.84. The van der Waals surface area contributed by atoms with E-state index in [0.717, 1.165) is 0 Å². The summed E-state index contributed by atoms with van der Waals surface area (Å²) in [6, 6.07) is 0. The second-order valence-electron chi connectivity index (χ2n) is 6.69. The molecule has 0 radical (unpaired) electrons. The Labute approximate surface area is 111 Å². The van der Waals surface area contributed by atoms with Crippen molar-refractivity contribution in [2.75, 3.05) is 13.1 Å². The Balaban J connectivity index is 2.46. The van der Waals surface area contributed by atoms with Gasteiger partial charge in [-0.1, -0.05) is 19.8 Å². The Kier molecular flexibility index (Phi) is 5.02. The lowest BCUT2D eigenvalue weighted by Crippen LogP contribution is -2.45. The zero-order valence-electron chi connectivity index (χ0n) is 12.2. The Hall–Kier alpha value is -0.770. The van der Waals surface area contributed by atoms with Crippen LogP contribution in [0, 0.1) is 11.3 Å². The molecule has 1 aliphatic rings. The normalized spacial score (nSPS) is 20.5. The molecule has 0 aromatic heterocycles. The maximum atomic E-state index is 11.7. The fourth-order valence-electron chi connectivity index (χ4n) is 2.59. The van der Waals surface area contributed by atoms with Gasteiger partial charge in [-0.25, -0.2) is 4.79 Å². The largest absolute Gasteiger partial charge is 0.444 e. The van der Waals surface area contributed by atoms with Gasteiger partial charge in [0, 0.05) is 12.0 Å². The molecule has 0 aromatic carbocycles. The standard InChI is InChI=1S/C14H28N2O2/c1-13(2,3)18-12(17)16-10-14(4,9-15)11-7-5-6-8-11/h11H,5-10,15H2,1-4H3,(H,16,17). The third-order valence-corrected chi connectivity index (χ3v) is 3.84. The van der Waals surface area contributed by atoms with E-state index in [1.807, 2.05) is 20.8 Å². The zero-order chi connectivity index (χ0) is 13.8. The predicted molar refractivity (Wildman–Crippen MR) is 73.4 cm³/mol. The summed E-state index contributed by atoms with van der Waals surface area (Å²) >= 11 is 0. The van der Waals surface area contributed by atoms with Crippen molar-refractivity contribution in [2.24, 2.45) is 17.1 Å². The van der Waals surface area contributed by atoms with E-state index in [4.69, 9.17) is 10.5 Å². The number of alkyl carbamates (subject to hydrolysis) is 1. The zero-order valence-corrected chi connectivity index (χ0v) is 12.2. The molecule has 0 spiro atoms. The van der Waals surface area contributed by atoms with Crippen LogP contribution in [0.2, 0.25) is 0 Å². The van der Waals surface area contributed by atoms with E-state index in [0.29, 0.717) is 19.0 Å². The number of hydrogen-bond acceptors (Lipinski definition) is 3. The molecule has 1 unspecified atom stereocenters. The topological polar surface area (TPSA) is 64.3 Å². The van der Waals surface area contributed by atoms with Crippen LogP contribution in [0.15, 0.2) is 0 Å². The molecule has 18 heavy (non-hydrogen) atoms. The SMILES string of the molecule is CC(C)(C)OC(=O)NCC(C)(CN)C1CCCC1. The number of nitrogens with two attached hydrogens (primary N) is 1. The summed E-state index contributed by atoms with van der Waals surface area (Å²) in [5.74, 6) is 0.623. The molecule has 3 N–H and O–H groups in total. The summed E-state index contributed by atoms with van der Waals surface area (Å²) in [4.78, 5) is 11.7. The van der Waals surface area contributed by atoms with Gasteiger partial charge < -0.3 is 15.8 Å². The van der Waals surface area contributed by atoms with Gasteiger partial charge in [0.1, 0.15) is 5.60 Å². The third kappa shape index (κ3) is 4.48. The van der Waals surface area contributed by atoms with Crippen molar-refractivity contribution in [3.8, 4) is 0 Å². The molecule has 1 amide bonds. The minimum Gasteiger partial charge on any atom is -0.444 e. The van der Waals surface area contributed by atoms with Crippen molar-refractivity contribution in [2.45, 2.75) is 59.0 Å². The molecule has 106 valence electrons. The molecule has 4 heteroatoms. The summed E-state index contributed by atoms with van der Waals surface area (Å²) in [6.07, 6.45) is 4.67. The number of carbonyl (C=O) groups is 1. The fourth-order valence-corrected chi connectivity index (χ4v) is 2.59. The molecule has 0 heterocycles. The van der Waals surface area contributed by atoms with Gasteiger partial charge >= 0.3 is 6.09 Å². The number of ether oxygens (including phenoxy) is 1. The van der Waals surface area contributed by atoms with Crippen LogP contribution < -0.4 is 11.1 Å². The van der Waals surface area contributed by atoms with Gasteiger partial charge in [-0.2, -0.15) is 0 Å². The Morgan fingerprint density at radius 1 is 1.28 bits per heavy atom. The molecule has 4 nitrogen and oxygen atoms in total. The molecule has 1 saturated carbocycles. The van der Waals surface area contributed by atoms with Crippen LogP contribution in [0.1, 0.15) is 53.4 Å². The number of amides is 1. The van der Waals surface area contributed by atoms with Crippen LogP contribution in [0.3, 0.4) is 0 Å². The second-order valence-corrected chi connectivity index (χ2v) is 6.69. The lowest BCUT2D eigenvalue weighted by atomic mass is 9.76. The summed E-state index contributed by atoms with van der Waals surface area (Å²) < 4.78 is 5.25. The first-order valence-corrected chi connectivity index (χ1v) is 6.94. The molecule has 0 aliphatic heterocycles. The molecule has 0 saturated heterocycles. The lowest BCUT2D eigenvalue weighted by Gasteiger charge is -2.35. The smallest absolute Gasteiger partial charge is 0.407 e. The van der Waals surface area contributed by atoms with Gasteiger partial charge in [-0.05, 0) is 46.1 Å². The molecular formula is C14H28N2O2. The molecule has 1 rings (SSSR count). The number of rotatable bonds is 4. The van der Waals surface area contributed by atoms with E-state index in [2.05, 4.69) is 12.2 Å². The average molecular weight is 256 g/mol. The Morgan fingerprint density at radius 3 is 2.28 bits per heavy atom. The molecule has 1 fully saturated rings. The minimum atomic E-state index is -0.448. The van der Waals surface area contributed by atoms with Crippen LogP contribution in [0.25, 0.3) is 0 Å². The minimum absolute atomic E-state index is 0.00654. The van der Waals surface area contributed by atoms with E-state index >= 15 is 0 Å². The maximum Gasteiger partial charge on any atom is 0.407 e. The Bertz CT molecular complexity index is 280. The predicted octanol–water partition coefficient (Wildman–Crippen LogP) is 2.67. The van der Waals surface area contributed by atoms with Gasteiger partial charge in [0.25, 0.3) is 0 Å². The monoisotopic (exact) mass is 256 g/mol. The van der Waals surface area contributed by atoms with E-state index in [-0.39, 0.29) is 11.5 Å². The Morgan fingerprint density at radius 2 is 1.83 bits per heavy atom. The van der Waals surface area contributed by atoms with Crippen LogP contribution >= 0.6 is 0 Å². The van der Waals surface area contributed by atoms with E-state index in [9.17, 15) is 4.79 Å². The van der Waals surface area contributed by atoms with Crippen LogP contribution in [0.4, 0.5) is 4.79 Å². The van der Waals surface area contributed by atoms with Crippen molar-refractivity contribution in [1.82, 2.24) is 5.32 Å². The fraction of sp³-hybridized carbons (Fsp3) is 0.929. The highest BCUT2D eigenvalue weighted by atomic mass is 16.6. The summed E-state index contributed by atoms with van der Waals surface area (Å²) in [5.41, 5.74) is 5.45. The quantitative estimate of drug-likeness (QED) is 0.812. The highest BCUT2D eigenvalue weighted by molar-refractivity contribution is 5.67. The first-order chi connectivity index (χ1) is 8.27. The van der Waals surface area contributed by atoms with Crippen molar-refractivity contribution in [1.29, 1.82) is 0 Å². The first kappa shape index (κ1) is 15.3. The van der Waals surface area contributed by atoms with Crippen molar-refractivity contribution >= 4 is 6.09 Å².